The summed E-state index contributed by atoms with van der Waals surface area (Å²) in [5, 5.41) is 20.0. The number of nitrogens with zero attached hydrogens (tertiary/aromatic N) is 4. The van der Waals surface area contributed by atoms with Gasteiger partial charge in [-0.3, -0.25) is 15.0 Å². The molecule has 1 saturated heterocycles. The first-order valence-corrected chi connectivity index (χ1v) is 6.81. The average molecular weight is 274 g/mol. The summed E-state index contributed by atoms with van der Waals surface area (Å²) in [6.45, 7) is 6.64. The Labute approximate surface area is 118 Å². The second-order valence-corrected chi connectivity index (χ2v) is 4.90. The number of nitriles is 1. The quantitative estimate of drug-likeness (QED) is 0.620. The lowest BCUT2D eigenvalue weighted by Crippen LogP contribution is -2.46. The maximum absolute atomic E-state index is 11.2. The van der Waals surface area contributed by atoms with E-state index < -0.39 is 4.92 Å². The molecule has 0 saturated carbocycles. The van der Waals surface area contributed by atoms with Crippen LogP contribution < -0.4 is 4.90 Å². The molecule has 2 rings (SSSR count). The fraction of sp³-hybridized carbons (Fsp3) is 0.500. The highest BCUT2D eigenvalue weighted by Gasteiger charge is 2.23. The molecule has 6 heteroatoms. The molecule has 0 aliphatic carbocycles. The monoisotopic (exact) mass is 274 g/mol. The van der Waals surface area contributed by atoms with Gasteiger partial charge in [0.05, 0.1) is 16.6 Å². The van der Waals surface area contributed by atoms with Gasteiger partial charge in [0.25, 0.3) is 5.69 Å². The largest absolute Gasteiger partial charge is 0.363 e. The molecule has 1 fully saturated rings. The van der Waals surface area contributed by atoms with Crippen LogP contribution in [0.2, 0.25) is 0 Å². The summed E-state index contributed by atoms with van der Waals surface area (Å²) in [5.74, 6) is 0. The van der Waals surface area contributed by atoms with Crippen molar-refractivity contribution in [3.63, 3.8) is 0 Å². The van der Waals surface area contributed by atoms with Crippen LogP contribution in [-0.2, 0) is 0 Å². The van der Waals surface area contributed by atoms with Crippen LogP contribution in [0.4, 0.5) is 11.4 Å². The van der Waals surface area contributed by atoms with E-state index in [2.05, 4.69) is 11.8 Å². The molecule has 1 aromatic rings. The molecule has 0 amide bonds. The van der Waals surface area contributed by atoms with Gasteiger partial charge in [0.15, 0.2) is 0 Å². The van der Waals surface area contributed by atoms with E-state index in [1.807, 2.05) is 11.0 Å². The number of nitro benzene ring substituents is 1. The minimum atomic E-state index is -0.408. The minimum absolute atomic E-state index is 0.0213. The molecule has 1 heterocycles. The predicted molar refractivity (Wildman–Crippen MR) is 76.8 cm³/mol. The second kappa shape index (κ2) is 6.35. The van der Waals surface area contributed by atoms with E-state index in [0.717, 1.165) is 39.1 Å². The zero-order valence-electron chi connectivity index (χ0n) is 11.6. The summed E-state index contributed by atoms with van der Waals surface area (Å²) >= 11 is 0. The molecule has 106 valence electrons. The van der Waals surface area contributed by atoms with Gasteiger partial charge in [0, 0.05) is 32.2 Å². The Balaban J connectivity index is 2.17. The van der Waals surface area contributed by atoms with Crippen LogP contribution in [-0.4, -0.2) is 42.5 Å². The Morgan fingerprint density at radius 2 is 2.05 bits per heavy atom. The maximum Gasteiger partial charge on any atom is 0.293 e. The third-order valence-corrected chi connectivity index (χ3v) is 3.55. The topological polar surface area (TPSA) is 73.4 Å². The van der Waals surface area contributed by atoms with E-state index in [9.17, 15) is 10.1 Å². The van der Waals surface area contributed by atoms with Crippen LogP contribution >= 0.6 is 0 Å². The van der Waals surface area contributed by atoms with E-state index in [0.29, 0.717) is 11.3 Å². The van der Waals surface area contributed by atoms with Gasteiger partial charge in [0.2, 0.25) is 0 Å². The minimum Gasteiger partial charge on any atom is -0.363 e. The molecule has 0 N–H and O–H groups in total. The van der Waals surface area contributed by atoms with Crippen molar-refractivity contribution in [3.05, 3.63) is 33.9 Å². The molecule has 0 spiro atoms. The number of rotatable bonds is 4. The standard InChI is InChI=1S/C14H18N4O2/c1-2-5-16-6-8-17(9-7-16)13-4-3-12(11-15)10-14(13)18(19)20/h3-4,10H,2,5-9H2,1H3. The van der Waals surface area contributed by atoms with E-state index in [1.54, 1.807) is 12.1 Å². The molecule has 6 nitrogen and oxygen atoms in total. The molecule has 1 aliphatic heterocycles. The van der Waals surface area contributed by atoms with Gasteiger partial charge in [-0.2, -0.15) is 5.26 Å². The Hall–Kier alpha value is -2.13. The highest BCUT2D eigenvalue weighted by molar-refractivity contribution is 5.65. The molecule has 0 atom stereocenters. The molecule has 20 heavy (non-hydrogen) atoms. The van der Waals surface area contributed by atoms with Crippen molar-refractivity contribution in [2.75, 3.05) is 37.6 Å². The Morgan fingerprint density at radius 1 is 1.35 bits per heavy atom. The number of hydrogen-bond donors (Lipinski definition) is 0. The van der Waals surface area contributed by atoms with Gasteiger partial charge in [-0.15, -0.1) is 0 Å². The Morgan fingerprint density at radius 3 is 2.60 bits per heavy atom. The lowest BCUT2D eigenvalue weighted by Gasteiger charge is -2.35. The van der Waals surface area contributed by atoms with Crippen LogP contribution in [0.1, 0.15) is 18.9 Å². The zero-order valence-corrected chi connectivity index (χ0v) is 11.6. The fourth-order valence-corrected chi connectivity index (χ4v) is 2.54. The van der Waals surface area contributed by atoms with Crippen molar-refractivity contribution < 1.29 is 4.92 Å². The van der Waals surface area contributed by atoms with Gasteiger partial charge >= 0.3 is 0 Å². The molecular weight excluding hydrogens is 256 g/mol. The molecule has 0 bridgehead atoms. The summed E-state index contributed by atoms with van der Waals surface area (Å²) in [5.41, 5.74) is 0.961. The van der Waals surface area contributed by atoms with Crippen molar-refractivity contribution >= 4 is 11.4 Å². The van der Waals surface area contributed by atoms with Gasteiger partial charge in [-0.1, -0.05) is 6.92 Å². The van der Waals surface area contributed by atoms with Gasteiger partial charge in [-0.05, 0) is 25.1 Å². The van der Waals surface area contributed by atoms with Crippen LogP contribution in [0.5, 0.6) is 0 Å². The van der Waals surface area contributed by atoms with Gasteiger partial charge in [0.1, 0.15) is 5.69 Å². The molecular formula is C14H18N4O2. The summed E-state index contributed by atoms with van der Waals surface area (Å²) in [7, 11) is 0. The summed E-state index contributed by atoms with van der Waals surface area (Å²) in [6, 6.07) is 6.63. The normalized spacial score (nSPS) is 15.9. The third kappa shape index (κ3) is 3.06. The lowest BCUT2D eigenvalue weighted by atomic mass is 10.1. The highest BCUT2D eigenvalue weighted by Crippen LogP contribution is 2.29. The zero-order chi connectivity index (χ0) is 14.5. The summed E-state index contributed by atoms with van der Waals surface area (Å²) < 4.78 is 0. The number of benzene rings is 1. The first-order chi connectivity index (χ1) is 9.65. The van der Waals surface area contributed by atoms with E-state index in [1.165, 1.54) is 6.07 Å². The van der Waals surface area contributed by atoms with Crippen LogP contribution in [0.25, 0.3) is 0 Å². The SMILES string of the molecule is CCCN1CCN(c2ccc(C#N)cc2[N+](=O)[O-])CC1. The second-order valence-electron chi connectivity index (χ2n) is 4.90. The Bertz CT molecular complexity index is 530. The number of nitro groups is 1. The predicted octanol–water partition coefficient (Wildman–Crippen LogP) is 2.00. The Kier molecular flexibility index (Phi) is 4.53. The molecule has 1 aromatic carbocycles. The van der Waals surface area contributed by atoms with Crippen molar-refractivity contribution in [2.24, 2.45) is 0 Å². The number of anilines is 1. The van der Waals surface area contributed by atoms with Crippen molar-refractivity contribution in [1.82, 2.24) is 4.90 Å². The van der Waals surface area contributed by atoms with Crippen LogP contribution in [0.3, 0.4) is 0 Å². The van der Waals surface area contributed by atoms with E-state index >= 15 is 0 Å². The number of piperazine rings is 1. The number of hydrogen-bond acceptors (Lipinski definition) is 5. The molecule has 0 unspecified atom stereocenters. The maximum atomic E-state index is 11.2. The molecule has 1 aliphatic rings. The van der Waals surface area contributed by atoms with Crippen molar-refractivity contribution in [2.45, 2.75) is 13.3 Å². The molecule has 0 radical (unpaired) electrons. The fourth-order valence-electron chi connectivity index (χ4n) is 2.54. The van der Waals surface area contributed by atoms with Crippen molar-refractivity contribution in [3.8, 4) is 6.07 Å². The van der Waals surface area contributed by atoms with Crippen LogP contribution in [0, 0.1) is 21.4 Å². The smallest absolute Gasteiger partial charge is 0.293 e. The highest BCUT2D eigenvalue weighted by atomic mass is 16.6. The van der Waals surface area contributed by atoms with Gasteiger partial charge < -0.3 is 4.90 Å². The van der Waals surface area contributed by atoms with Gasteiger partial charge in [-0.25, -0.2) is 0 Å². The van der Waals surface area contributed by atoms with Crippen LogP contribution in [0.15, 0.2) is 18.2 Å². The van der Waals surface area contributed by atoms with E-state index in [-0.39, 0.29) is 5.69 Å². The van der Waals surface area contributed by atoms with Crippen molar-refractivity contribution in [1.29, 1.82) is 5.26 Å². The summed E-state index contributed by atoms with van der Waals surface area (Å²) in [4.78, 5) is 15.2. The third-order valence-electron chi connectivity index (χ3n) is 3.55. The molecule has 0 aromatic heterocycles. The van der Waals surface area contributed by atoms with E-state index in [4.69, 9.17) is 5.26 Å². The first kappa shape index (κ1) is 14.3. The summed E-state index contributed by atoms with van der Waals surface area (Å²) in [6.07, 6.45) is 1.12. The first-order valence-electron chi connectivity index (χ1n) is 6.81. The lowest BCUT2D eigenvalue weighted by molar-refractivity contribution is -0.384. The average Bonchev–Trinajstić information content (AvgIpc) is 2.48.